The minimum Gasteiger partial charge on any atom is -0.352 e. The third-order valence-corrected chi connectivity index (χ3v) is 9.38. The molecule has 1 fully saturated rings. The van der Waals surface area contributed by atoms with E-state index in [0.717, 1.165) is 65.2 Å². The van der Waals surface area contributed by atoms with Crippen molar-refractivity contribution in [2.75, 3.05) is 10.8 Å². The van der Waals surface area contributed by atoms with Gasteiger partial charge in [-0.2, -0.15) is 0 Å². The van der Waals surface area contributed by atoms with Crippen molar-refractivity contribution in [3.8, 4) is 0 Å². The Morgan fingerprint density at radius 1 is 0.878 bits per heavy atom. The van der Waals surface area contributed by atoms with Crippen molar-refractivity contribution in [2.45, 2.75) is 76.4 Å². The normalized spacial score (nSPS) is 14.7. The lowest BCUT2D eigenvalue weighted by molar-refractivity contribution is -0.139. The summed E-state index contributed by atoms with van der Waals surface area (Å²) in [5.41, 5.74) is 3.10. The van der Waals surface area contributed by atoms with Crippen molar-refractivity contribution in [1.82, 2.24) is 10.2 Å². The second-order valence-electron chi connectivity index (χ2n) is 10.8. The van der Waals surface area contributed by atoms with Crippen LogP contribution < -0.4 is 9.62 Å². The minimum absolute atomic E-state index is 0.0675. The molecule has 0 heterocycles. The number of benzene rings is 3. The van der Waals surface area contributed by atoms with Gasteiger partial charge in [0.1, 0.15) is 18.4 Å². The van der Waals surface area contributed by atoms with Gasteiger partial charge in [-0.05, 0) is 75.6 Å². The van der Waals surface area contributed by atoms with E-state index in [1.165, 1.54) is 17.0 Å². The summed E-state index contributed by atoms with van der Waals surface area (Å²) in [6.45, 7) is 5.12. The summed E-state index contributed by atoms with van der Waals surface area (Å²) in [4.78, 5) is 28.7. The predicted molar refractivity (Wildman–Crippen MR) is 158 cm³/mol. The molecule has 0 aromatic heterocycles. The molecule has 218 valence electrons. The fraction of sp³-hybridized carbons (Fsp3) is 0.375. The average Bonchev–Trinajstić information content (AvgIpc) is 2.96. The molecule has 3 aromatic rings. The molecule has 0 bridgehead atoms. The van der Waals surface area contributed by atoms with E-state index in [4.69, 9.17) is 0 Å². The Bertz CT molecular complexity index is 1440. The fourth-order valence-electron chi connectivity index (χ4n) is 5.02. The number of anilines is 1. The molecule has 1 atom stereocenters. The standard InChI is InChI=1S/C32H38FN3O4S/c1-23-9-13-26(14-10-23)21-35(25(3)32(38)34-28-7-5-4-6-8-28)31(37)22-36(29-17-11-24(2)12-18-29)41(39,40)30-19-15-27(33)16-20-30/h9-20,25,28H,4-8,21-22H2,1-3H3,(H,34,38)/t25-/m0/s1. The topological polar surface area (TPSA) is 86.8 Å². The minimum atomic E-state index is -4.24. The molecule has 1 saturated carbocycles. The Morgan fingerprint density at radius 2 is 1.44 bits per heavy atom. The summed E-state index contributed by atoms with van der Waals surface area (Å²) in [7, 11) is -4.24. The van der Waals surface area contributed by atoms with Crippen LogP contribution in [0, 0.1) is 19.7 Å². The highest BCUT2D eigenvalue weighted by molar-refractivity contribution is 7.92. The maximum atomic E-state index is 14.0. The molecule has 4 rings (SSSR count). The van der Waals surface area contributed by atoms with E-state index in [9.17, 15) is 22.4 Å². The monoisotopic (exact) mass is 579 g/mol. The van der Waals surface area contributed by atoms with E-state index >= 15 is 0 Å². The molecule has 0 spiro atoms. The lowest BCUT2D eigenvalue weighted by atomic mass is 9.95. The summed E-state index contributed by atoms with van der Waals surface area (Å²) in [6, 6.07) is 18.2. The van der Waals surface area contributed by atoms with Crippen molar-refractivity contribution >= 4 is 27.5 Å². The number of carbonyl (C=O) groups is 2. The van der Waals surface area contributed by atoms with Crippen LogP contribution in [-0.2, 0) is 26.2 Å². The lowest BCUT2D eigenvalue weighted by Crippen LogP contribution is -2.53. The number of nitrogens with zero attached hydrogens (tertiary/aromatic N) is 2. The second-order valence-corrected chi connectivity index (χ2v) is 12.7. The van der Waals surface area contributed by atoms with Crippen LogP contribution in [0.2, 0.25) is 0 Å². The van der Waals surface area contributed by atoms with Crippen LogP contribution in [0.15, 0.2) is 77.7 Å². The van der Waals surface area contributed by atoms with Gasteiger partial charge in [0, 0.05) is 12.6 Å². The number of rotatable bonds is 10. The van der Waals surface area contributed by atoms with Crippen LogP contribution in [0.3, 0.4) is 0 Å². The Kier molecular flexibility index (Phi) is 9.81. The van der Waals surface area contributed by atoms with E-state index in [2.05, 4.69) is 5.32 Å². The first-order chi connectivity index (χ1) is 19.5. The smallest absolute Gasteiger partial charge is 0.264 e. The quantitative estimate of drug-likeness (QED) is 0.344. The van der Waals surface area contributed by atoms with E-state index < -0.39 is 34.3 Å². The maximum Gasteiger partial charge on any atom is 0.264 e. The molecule has 0 saturated heterocycles. The second kappa shape index (κ2) is 13.3. The molecule has 41 heavy (non-hydrogen) atoms. The third kappa shape index (κ3) is 7.73. The van der Waals surface area contributed by atoms with Gasteiger partial charge in [-0.15, -0.1) is 0 Å². The summed E-state index contributed by atoms with van der Waals surface area (Å²) in [5, 5.41) is 3.10. The number of carbonyl (C=O) groups excluding carboxylic acids is 2. The lowest BCUT2D eigenvalue weighted by Gasteiger charge is -2.33. The van der Waals surface area contributed by atoms with E-state index in [1.54, 1.807) is 31.2 Å². The highest BCUT2D eigenvalue weighted by Gasteiger charge is 2.33. The molecule has 0 unspecified atom stereocenters. The zero-order valence-electron chi connectivity index (χ0n) is 23.8. The molecule has 7 nitrogen and oxygen atoms in total. The van der Waals surface area contributed by atoms with Gasteiger partial charge in [-0.1, -0.05) is 66.8 Å². The van der Waals surface area contributed by atoms with Crippen LogP contribution in [0.5, 0.6) is 0 Å². The van der Waals surface area contributed by atoms with Gasteiger partial charge in [0.05, 0.1) is 10.6 Å². The number of hydrogen-bond donors (Lipinski definition) is 1. The number of halogens is 1. The van der Waals surface area contributed by atoms with Crippen molar-refractivity contribution in [3.05, 3.63) is 95.3 Å². The van der Waals surface area contributed by atoms with E-state index in [-0.39, 0.29) is 23.4 Å². The summed E-state index contributed by atoms with van der Waals surface area (Å²) in [6.07, 6.45) is 5.07. The zero-order valence-corrected chi connectivity index (χ0v) is 24.7. The summed E-state index contributed by atoms with van der Waals surface area (Å²) in [5.74, 6) is -1.35. The van der Waals surface area contributed by atoms with Gasteiger partial charge in [0.25, 0.3) is 10.0 Å². The molecule has 0 radical (unpaired) electrons. The van der Waals surface area contributed by atoms with Gasteiger partial charge < -0.3 is 10.2 Å². The Morgan fingerprint density at radius 3 is 2.02 bits per heavy atom. The first-order valence-corrected chi connectivity index (χ1v) is 15.5. The summed E-state index contributed by atoms with van der Waals surface area (Å²) >= 11 is 0. The molecular formula is C32H38FN3O4S. The predicted octanol–water partition coefficient (Wildman–Crippen LogP) is 5.50. The van der Waals surface area contributed by atoms with Crippen molar-refractivity contribution in [3.63, 3.8) is 0 Å². The number of aryl methyl sites for hydroxylation is 2. The average molecular weight is 580 g/mol. The largest absolute Gasteiger partial charge is 0.352 e. The van der Waals surface area contributed by atoms with Crippen LogP contribution >= 0.6 is 0 Å². The van der Waals surface area contributed by atoms with Gasteiger partial charge in [0.15, 0.2) is 0 Å². The first kappa shape index (κ1) is 30.2. The molecule has 0 aliphatic heterocycles. The SMILES string of the molecule is Cc1ccc(CN(C(=O)CN(c2ccc(C)cc2)S(=O)(=O)c2ccc(F)cc2)[C@@H](C)C(=O)NC2CCCCC2)cc1. The Labute approximate surface area is 242 Å². The number of hydrogen-bond acceptors (Lipinski definition) is 4. The number of sulfonamides is 1. The van der Waals surface area contributed by atoms with E-state index in [0.29, 0.717) is 5.69 Å². The molecular weight excluding hydrogens is 541 g/mol. The maximum absolute atomic E-state index is 14.0. The molecule has 1 aliphatic rings. The van der Waals surface area contributed by atoms with Crippen LogP contribution in [0.1, 0.15) is 55.7 Å². The fourth-order valence-corrected chi connectivity index (χ4v) is 6.43. The Hall–Kier alpha value is -3.72. The molecule has 9 heteroatoms. The van der Waals surface area contributed by atoms with Crippen molar-refractivity contribution < 1.29 is 22.4 Å². The van der Waals surface area contributed by atoms with Crippen LogP contribution in [0.25, 0.3) is 0 Å². The van der Waals surface area contributed by atoms with Crippen LogP contribution in [0.4, 0.5) is 10.1 Å². The van der Waals surface area contributed by atoms with Crippen molar-refractivity contribution in [1.29, 1.82) is 0 Å². The van der Waals surface area contributed by atoms with Gasteiger partial charge in [0.2, 0.25) is 11.8 Å². The highest BCUT2D eigenvalue weighted by atomic mass is 32.2. The van der Waals surface area contributed by atoms with Gasteiger partial charge >= 0.3 is 0 Å². The first-order valence-electron chi connectivity index (χ1n) is 14.0. The highest BCUT2D eigenvalue weighted by Crippen LogP contribution is 2.25. The van der Waals surface area contributed by atoms with E-state index in [1.807, 2.05) is 38.1 Å². The summed E-state index contributed by atoms with van der Waals surface area (Å²) < 4.78 is 42.2. The number of amides is 2. The third-order valence-electron chi connectivity index (χ3n) is 7.59. The molecule has 3 aromatic carbocycles. The number of nitrogens with one attached hydrogen (secondary N) is 1. The molecule has 2 amide bonds. The van der Waals surface area contributed by atoms with Crippen molar-refractivity contribution in [2.24, 2.45) is 0 Å². The molecule has 1 aliphatic carbocycles. The zero-order chi connectivity index (χ0) is 29.6. The van der Waals surface area contributed by atoms with Gasteiger partial charge in [-0.25, -0.2) is 12.8 Å². The Balaban J connectivity index is 1.66. The van der Waals surface area contributed by atoms with Crippen LogP contribution in [-0.4, -0.2) is 43.8 Å². The van der Waals surface area contributed by atoms with Gasteiger partial charge in [-0.3, -0.25) is 13.9 Å². The molecule has 1 N–H and O–H groups in total.